The van der Waals surface area contributed by atoms with E-state index in [1.165, 1.54) is 10.8 Å². The molecule has 0 saturated heterocycles. The van der Waals surface area contributed by atoms with Crippen LogP contribution in [-0.4, -0.2) is 21.4 Å². The summed E-state index contributed by atoms with van der Waals surface area (Å²) in [7, 11) is 0. The van der Waals surface area contributed by atoms with Gasteiger partial charge in [0.1, 0.15) is 0 Å². The van der Waals surface area contributed by atoms with Gasteiger partial charge in [0.2, 0.25) is 5.91 Å². The van der Waals surface area contributed by atoms with Gasteiger partial charge in [-0.2, -0.15) is 0 Å². The maximum atomic E-state index is 12.3. The highest BCUT2D eigenvalue weighted by Crippen LogP contribution is 2.13. The monoisotopic (exact) mass is 432 g/mol. The second-order valence-corrected chi connectivity index (χ2v) is 7.09. The van der Waals surface area contributed by atoms with E-state index in [9.17, 15) is 19.2 Å². The number of H-pyrrole nitrogens is 1. The lowest BCUT2D eigenvalue weighted by Gasteiger charge is -2.10. The number of anilines is 1. The van der Waals surface area contributed by atoms with Gasteiger partial charge in [-0.3, -0.25) is 23.9 Å². The zero-order chi connectivity index (χ0) is 22.5. The number of aryl methyl sites for hydroxylation is 1. The van der Waals surface area contributed by atoms with Crippen LogP contribution in [0.2, 0.25) is 0 Å². The highest BCUT2D eigenvalue weighted by Gasteiger charge is 2.11. The van der Waals surface area contributed by atoms with Crippen LogP contribution in [0.5, 0.6) is 0 Å². The van der Waals surface area contributed by atoms with E-state index in [-0.39, 0.29) is 37.1 Å². The molecule has 4 rings (SSSR count). The van der Waals surface area contributed by atoms with Crippen LogP contribution in [0.1, 0.15) is 22.5 Å². The highest BCUT2D eigenvalue weighted by atomic mass is 16.3. The van der Waals surface area contributed by atoms with E-state index in [0.717, 1.165) is 5.56 Å². The first-order valence-electron chi connectivity index (χ1n) is 9.93. The molecule has 0 saturated carbocycles. The number of hydrogen-bond donors (Lipinski definition) is 3. The Hall–Kier alpha value is -4.40. The van der Waals surface area contributed by atoms with Gasteiger partial charge < -0.3 is 15.1 Å². The molecule has 2 aromatic heterocycles. The summed E-state index contributed by atoms with van der Waals surface area (Å²) in [6.07, 6.45) is 1.48. The van der Waals surface area contributed by atoms with Crippen molar-refractivity contribution in [1.29, 1.82) is 0 Å². The first-order valence-corrected chi connectivity index (χ1v) is 9.93. The minimum Gasteiger partial charge on any atom is -0.459 e. The predicted octanol–water partition coefficient (Wildman–Crippen LogP) is 2.24. The topological polar surface area (TPSA) is 126 Å². The van der Waals surface area contributed by atoms with Gasteiger partial charge in [0.25, 0.3) is 11.5 Å². The molecule has 2 amide bonds. The second kappa shape index (κ2) is 9.17. The molecule has 0 aliphatic rings. The zero-order valence-electron chi connectivity index (χ0n) is 17.0. The van der Waals surface area contributed by atoms with Crippen LogP contribution in [0.15, 0.2) is 80.9 Å². The Bertz CT molecular complexity index is 1390. The number of carbonyl (C=O) groups excluding carboxylic acids is 2. The summed E-state index contributed by atoms with van der Waals surface area (Å²) in [4.78, 5) is 50.8. The number of hydrogen-bond acceptors (Lipinski definition) is 5. The van der Waals surface area contributed by atoms with Crippen LogP contribution in [0.3, 0.4) is 0 Å². The van der Waals surface area contributed by atoms with Crippen molar-refractivity contribution in [3.8, 4) is 0 Å². The van der Waals surface area contributed by atoms with Crippen LogP contribution in [0.4, 0.5) is 5.69 Å². The second-order valence-electron chi connectivity index (χ2n) is 7.09. The molecule has 0 aliphatic heterocycles. The van der Waals surface area contributed by atoms with Crippen molar-refractivity contribution in [2.45, 2.75) is 19.5 Å². The number of rotatable bonds is 7. The maximum absolute atomic E-state index is 12.3. The molecular weight excluding hydrogens is 412 g/mol. The Morgan fingerprint density at radius 1 is 1.00 bits per heavy atom. The van der Waals surface area contributed by atoms with Gasteiger partial charge in [0, 0.05) is 25.2 Å². The van der Waals surface area contributed by atoms with Crippen molar-refractivity contribution < 1.29 is 14.0 Å². The average molecular weight is 432 g/mol. The molecule has 0 radical (unpaired) electrons. The first kappa shape index (κ1) is 20.9. The quantitative estimate of drug-likeness (QED) is 0.413. The van der Waals surface area contributed by atoms with Crippen LogP contribution < -0.4 is 21.9 Å². The van der Waals surface area contributed by atoms with Crippen LogP contribution in [0.25, 0.3) is 10.9 Å². The lowest BCUT2D eigenvalue weighted by Crippen LogP contribution is -2.32. The average Bonchev–Trinajstić information content (AvgIpc) is 3.33. The number of para-hydroxylation sites is 1. The van der Waals surface area contributed by atoms with Gasteiger partial charge in [0.05, 0.1) is 17.2 Å². The Labute approximate surface area is 181 Å². The molecule has 9 heteroatoms. The van der Waals surface area contributed by atoms with E-state index in [0.29, 0.717) is 16.6 Å². The summed E-state index contributed by atoms with van der Waals surface area (Å²) in [6.45, 7) is 0.381. The third-order valence-corrected chi connectivity index (χ3v) is 4.89. The third-order valence-electron chi connectivity index (χ3n) is 4.89. The van der Waals surface area contributed by atoms with Gasteiger partial charge in [-0.15, -0.1) is 0 Å². The summed E-state index contributed by atoms with van der Waals surface area (Å²) in [6, 6.07) is 17.0. The maximum Gasteiger partial charge on any atom is 0.328 e. The summed E-state index contributed by atoms with van der Waals surface area (Å²) >= 11 is 0. The van der Waals surface area contributed by atoms with Gasteiger partial charge in [-0.05, 0) is 42.0 Å². The normalized spacial score (nSPS) is 10.8. The number of furan rings is 1. The van der Waals surface area contributed by atoms with Crippen molar-refractivity contribution in [3.05, 3.63) is 99.1 Å². The molecule has 0 spiro atoms. The standard InChI is InChI=1S/C23H20N4O5/c28-20(10-11-27-18-8-2-1-7-17(18)21(29)26-23(27)31)24-14-15-5-3-6-16(13-15)25-22(30)19-9-4-12-32-19/h1-9,12-13H,10-11,14H2,(H,24,28)(H,25,30)(H,26,29,31). The Balaban J connectivity index is 1.36. The van der Waals surface area contributed by atoms with Gasteiger partial charge in [-0.25, -0.2) is 4.79 Å². The van der Waals surface area contributed by atoms with E-state index in [2.05, 4.69) is 15.6 Å². The Morgan fingerprint density at radius 3 is 2.66 bits per heavy atom. The fraction of sp³-hybridized carbons (Fsp3) is 0.130. The number of carbonyl (C=O) groups is 2. The Morgan fingerprint density at radius 2 is 1.84 bits per heavy atom. The summed E-state index contributed by atoms with van der Waals surface area (Å²) < 4.78 is 6.45. The lowest BCUT2D eigenvalue weighted by atomic mass is 10.2. The molecule has 0 bridgehead atoms. The van der Waals surface area contributed by atoms with Crippen molar-refractivity contribution >= 4 is 28.4 Å². The van der Waals surface area contributed by atoms with Crippen LogP contribution in [-0.2, 0) is 17.9 Å². The molecule has 2 aromatic carbocycles. The summed E-state index contributed by atoms with van der Waals surface area (Å²) in [5.74, 6) is -0.416. The molecule has 4 aromatic rings. The van der Waals surface area contributed by atoms with Crippen molar-refractivity contribution in [2.24, 2.45) is 0 Å². The number of aromatic nitrogens is 2. The van der Waals surface area contributed by atoms with E-state index >= 15 is 0 Å². The first-order chi connectivity index (χ1) is 15.5. The lowest BCUT2D eigenvalue weighted by molar-refractivity contribution is -0.121. The minimum absolute atomic E-state index is 0.0604. The number of nitrogens with zero attached hydrogens (tertiary/aromatic N) is 1. The predicted molar refractivity (Wildman–Crippen MR) is 118 cm³/mol. The third kappa shape index (κ3) is 4.67. The molecule has 0 aliphatic carbocycles. The van der Waals surface area contributed by atoms with E-state index in [1.54, 1.807) is 54.6 Å². The molecule has 3 N–H and O–H groups in total. The fourth-order valence-electron chi connectivity index (χ4n) is 3.33. The zero-order valence-corrected chi connectivity index (χ0v) is 17.0. The van der Waals surface area contributed by atoms with E-state index in [1.807, 2.05) is 6.07 Å². The number of aromatic amines is 1. The highest BCUT2D eigenvalue weighted by molar-refractivity contribution is 6.02. The van der Waals surface area contributed by atoms with Gasteiger partial charge >= 0.3 is 5.69 Å². The Kier molecular flexibility index (Phi) is 5.98. The van der Waals surface area contributed by atoms with E-state index < -0.39 is 11.2 Å². The molecule has 0 unspecified atom stereocenters. The fourth-order valence-corrected chi connectivity index (χ4v) is 3.33. The number of fused-ring (bicyclic) bond motifs is 1. The molecule has 162 valence electrons. The molecule has 2 heterocycles. The van der Waals surface area contributed by atoms with Gasteiger partial charge in [-0.1, -0.05) is 24.3 Å². The molecule has 0 fully saturated rings. The molecular formula is C23H20N4O5. The van der Waals surface area contributed by atoms with Crippen LogP contribution in [0, 0.1) is 0 Å². The summed E-state index contributed by atoms with van der Waals surface area (Å²) in [5, 5.41) is 5.92. The summed E-state index contributed by atoms with van der Waals surface area (Å²) in [5.41, 5.74) is 0.840. The molecule has 0 atom stereocenters. The largest absolute Gasteiger partial charge is 0.459 e. The van der Waals surface area contributed by atoms with Crippen molar-refractivity contribution in [3.63, 3.8) is 0 Å². The number of benzene rings is 2. The SMILES string of the molecule is O=C(CCn1c(=O)[nH]c(=O)c2ccccc21)NCc1cccc(NC(=O)c2ccco2)c1. The van der Waals surface area contributed by atoms with E-state index in [4.69, 9.17) is 4.42 Å². The molecule has 32 heavy (non-hydrogen) atoms. The van der Waals surface area contributed by atoms with Crippen LogP contribution >= 0.6 is 0 Å². The number of amides is 2. The van der Waals surface area contributed by atoms with Crippen molar-refractivity contribution in [2.75, 3.05) is 5.32 Å². The number of nitrogens with one attached hydrogen (secondary N) is 3. The van der Waals surface area contributed by atoms with Gasteiger partial charge in [0.15, 0.2) is 5.76 Å². The molecule has 9 nitrogen and oxygen atoms in total. The minimum atomic E-state index is -0.554. The van der Waals surface area contributed by atoms with Crippen molar-refractivity contribution in [1.82, 2.24) is 14.9 Å². The smallest absolute Gasteiger partial charge is 0.328 e.